The SMILES string of the molecule is CC=C(O)P(=O)(O)CO. The second kappa shape index (κ2) is 3.01. The van der Waals surface area contributed by atoms with Crippen LogP contribution in [0.15, 0.2) is 11.6 Å². The van der Waals surface area contributed by atoms with Crippen molar-refractivity contribution in [2.45, 2.75) is 6.92 Å². The van der Waals surface area contributed by atoms with E-state index in [0.29, 0.717) is 0 Å². The van der Waals surface area contributed by atoms with Crippen molar-refractivity contribution < 1.29 is 19.7 Å². The minimum atomic E-state index is -3.79. The third-order valence-electron chi connectivity index (χ3n) is 0.808. The Labute approximate surface area is 52.9 Å². The van der Waals surface area contributed by atoms with Gasteiger partial charge in [0.1, 0.15) is 6.35 Å². The van der Waals surface area contributed by atoms with Crippen LogP contribution in [0.4, 0.5) is 0 Å². The van der Waals surface area contributed by atoms with Gasteiger partial charge in [0.25, 0.3) is 7.37 Å². The first kappa shape index (κ1) is 8.69. The monoisotopic (exact) mass is 152 g/mol. The van der Waals surface area contributed by atoms with E-state index in [2.05, 4.69) is 0 Å². The normalized spacial score (nSPS) is 19.2. The van der Waals surface area contributed by atoms with Crippen LogP contribution in [0.2, 0.25) is 0 Å². The van der Waals surface area contributed by atoms with E-state index >= 15 is 0 Å². The summed E-state index contributed by atoms with van der Waals surface area (Å²) in [5.74, 6) is 0. The van der Waals surface area contributed by atoms with Crippen molar-refractivity contribution in [3.63, 3.8) is 0 Å². The highest BCUT2D eigenvalue weighted by Gasteiger charge is 2.20. The molecule has 0 aliphatic carbocycles. The number of hydrogen-bond donors (Lipinski definition) is 3. The first-order chi connectivity index (χ1) is 4.04. The van der Waals surface area contributed by atoms with Crippen LogP contribution in [0.5, 0.6) is 0 Å². The maximum absolute atomic E-state index is 10.5. The summed E-state index contributed by atoms with van der Waals surface area (Å²) in [7, 11) is -3.79. The van der Waals surface area contributed by atoms with E-state index in [0.717, 1.165) is 6.08 Å². The first-order valence-corrected chi connectivity index (χ1v) is 4.17. The summed E-state index contributed by atoms with van der Waals surface area (Å²) >= 11 is 0. The van der Waals surface area contributed by atoms with Crippen molar-refractivity contribution in [3.8, 4) is 0 Å². The van der Waals surface area contributed by atoms with Gasteiger partial charge in [-0.05, 0) is 13.0 Å². The Morgan fingerprint density at radius 1 is 1.78 bits per heavy atom. The highest BCUT2D eigenvalue weighted by molar-refractivity contribution is 7.61. The zero-order valence-corrected chi connectivity index (χ0v) is 5.88. The molecule has 0 saturated heterocycles. The molecule has 0 aromatic carbocycles. The molecule has 0 fully saturated rings. The molecule has 1 unspecified atom stereocenters. The lowest BCUT2D eigenvalue weighted by molar-refractivity contribution is 0.321. The molecule has 54 valence electrons. The van der Waals surface area contributed by atoms with Gasteiger partial charge in [-0.15, -0.1) is 0 Å². The maximum Gasteiger partial charge on any atom is 0.287 e. The zero-order chi connectivity index (χ0) is 7.49. The van der Waals surface area contributed by atoms with E-state index in [-0.39, 0.29) is 0 Å². The Morgan fingerprint density at radius 3 is 2.33 bits per heavy atom. The van der Waals surface area contributed by atoms with Crippen LogP contribution in [-0.4, -0.2) is 21.5 Å². The molecule has 9 heavy (non-hydrogen) atoms. The highest BCUT2D eigenvalue weighted by Crippen LogP contribution is 2.46. The number of allylic oxidation sites excluding steroid dienone is 1. The Bertz CT molecular complexity index is 162. The summed E-state index contributed by atoms with van der Waals surface area (Å²) < 4.78 is 10.5. The maximum atomic E-state index is 10.5. The molecular weight excluding hydrogens is 143 g/mol. The third kappa shape index (κ3) is 2.18. The molecule has 0 aliphatic heterocycles. The van der Waals surface area contributed by atoms with Crippen molar-refractivity contribution in [1.29, 1.82) is 0 Å². The van der Waals surface area contributed by atoms with Crippen LogP contribution in [0.3, 0.4) is 0 Å². The lowest BCUT2D eigenvalue weighted by Crippen LogP contribution is -1.89. The summed E-state index contributed by atoms with van der Waals surface area (Å²) in [6.07, 6.45) is 0.167. The number of rotatable bonds is 2. The number of aliphatic hydroxyl groups excluding tert-OH is 2. The Balaban J connectivity index is 4.35. The van der Waals surface area contributed by atoms with Gasteiger partial charge in [-0.25, -0.2) is 0 Å². The van der Waals surface area contributed by atoms with Crippen LogP contribution < -0.4 is 0 Å². The predicted molar refractivity (Wildman–Crippen MR) is 33.3 cm³/mol. The lowest BCUT2D eigenvalue weighted by atomic mass is 10.7. The van der Waals surface area contributed by atoms with E-state index in [1.165, 1.54) is 6.92 Å². The van der Waals surface area contributed by atoms with E-state index in [1.54, 1.807) is 0 Å². The summed E-state index contributed by atoms with van der Waals surface area (Å²) in [5.41, 5.74) is -0.648. The average molecular weight is 152 g/mol. The lowest BCUT2D eigenvalue weighted by Gasteiger charge is -2.04. The zero-order valence-electron chi connectivity index (χ0n) is 4.98. The van der Waals surface area contributed by atoms with Crippen molar-refractivity contribution in [3.05, 3.63) is 11.6 Å². The quantitative estimate of drug-likeness (QED) is 0.400. The molecule has 0 rings (SSSR count). The van der Waals surface area contributed by atoms with E-state index < -0.39 is 19.2 Å². The second-order valence-electron chi connectivity index (χ2n) is 1.49. The van der Waals surface area contributed by atoms with Crippen LogP contribution >= 0.6 is 7.37 Å². The molecular formula is C4H9O4P. The van der Waals surface area contributed by atoms with Crippen LogP contribution in [0.1, 0.15) is 6.92 Å². The smallest absolute Gasteiger partial charge is 0.287 e. The van der Waals surface area contributed by atoms with Gasteiger partial charge in [0.2, 0.25) is 0 Å². The van der Waals surface area contributed by atoms with Crippen molar-refractivity contribution in [1.82, 2.24) is 0 Å². The Kier molecular flexibility index (Phi) is 2.91. The summed E-state index contributed by atoms with van der Waals surface area (Å²) in [5, 5.41) is 16.8. The fourth-order valence-electron chi connectivity index (χ4n) is 0.274. The van der Waals surface area contributed by atoms with E-state index in [4.69, 9.17) is 15.1 Å². The number of aliphatic hydroxyl groups is 2. The van der Waals surface area contributed by atoms with Gasteiger partial charge in [0, 0.05) is 0 Å². The second-order valence-corrected chi connectivity index (χ2v) is 3.63. The molecule has 0 saturated carbocycles. The highest BCUT2D eigenvalue weighted by atomic mass is 31.2. The van der Waals surface area contributed by atoms with Gasteiger partial charge in [-0.1, -0.05) is 0 Å². The van der Waals surface area contributed by atoms with Gasteiger partial charge in [0.15, 0.2) is 5.50 Å². The summed E-state index contributed by atoms with van der Waals surface area (Å²) in [6.45, 7) is 1.41. The van der Waals surface area contributed by atoms with Crippen LogP contribution in [-0.2, 0) is 4.57 Å². The fraction of sp³-hybridized carbons (Fsp3) is 0.500. The van der Waals surface area contributed by atoms with Crippen LogP contribution in [0, 0.1) is 0 Å². The van der Waals surface area contributed by atoms with Crippen molar-refractivity contribution in [2.24, 2.45) is 0 Å². The average Bonchev–Trinajstić information content (AvgIpc) is 1.86. The van der Waals surface area contributed by atoms with Crippen molar-refractivity contribution in [2.75, 3.05) is 6.35 Å². The molecule has 1 atom stereocenters. The molecule has 0 heterocycles. The third-order valence-corrected chi connectivity index (χ3v) is 2.17. The number of hydrogen-bond acceptors (Lipinski definition) is 3. The largest absolute Gasteiger partial charge is 0.503 e. The van der Waals surface area contributed by atoms with Gasteiger partial charge in [-0.2, -0.15) is 0 Å². The summed E-state index contributed by atoms with van der Waals surface area (Å²) in [4.78, 5) is 8.58. The Morgan fingerprint density at radius 2 is 2.22 bits per heavy atom. The predicted octanol–water partition coefficient (Wildman–Crippen LogP) is 0.626. The minimum Gasteiger partial charge on any atom is -0.503 e. The molecule has 3 N–H and O–H groups in total. The first-order valence-electron chi connectivity index (χ1n) is 2.33. The Hall–Kier alpha value is -0.310. The molecule has 0 amide bonds. The van der Waals surface area contributed by atoms with Crippen LogP contribution in [0.25, 0.3) is 0 Å². The van der Waals surface area contributed by atoms with E-state index in [1.807, 2.05) is 0 Å². The van der Waals surface area contributed by atoms with Crippen molar-refractivity contribution >= 4 is 7.37 Å². The standard InChI is InChI=1S/C4H9O4P/c1-2-4(6)9(7,8)3-5/h2,5-6H,3H2,1H3,(H,7,8). The molecule has 0 radical (unpaired) electrons. The molecule has 5 heteroatoms. The topological polar surface area (TPSA) is 77.8 Å². The van der Waals surface area contributed by atoms with Gasteiger partial charge >= 0.3 is 0 Å². The molecule has 4 nitrogen and oxygen atoms in total. The molecule has 0 aliphatic rings. The molecule has 0 bridgehead atoms. The molecule has 0 aromatic rings. The molecule has 0 aromatic heterocycles. The van der Waals surface area contributed by atoms with Gasteiger partial charge in [-0.3, -0.25) is 4.57 Å². The molecule has 0 spiro atoms. The van der Waals surface area contributed by atoms with Gasteiger partial charge < -0.3 is 15.1 Å². The summed E-state index contributed by atoms with van der Waals surface area (Å²) in [6, 6.07) is 0. The fourth-order valence-corrected chi connectivity index (χ4v) is 0.823. The van der Waals surface area contributed by atoms with Gasteiger partial charge in [0.05, 0.1) is 0 Å². The van der Waals surface area contributed by atoms with E-state index in [9.17, 15) is 4.57 Å². The minimum absolute atomic E-state index is 0.648.